The molecule has 27 heavy (non-hydrogen) atoms. The van der Waals surface area contributed by atoms with Crippen LogP contribution in [0.3, 0.4) is 0 Å². The van der Waals surface area contributed by atoms with Crippen LogP contribution >= 0.6 is 0 Å². The number of rotatable bonds is 3. The monoisotopic (exact) mass is 363 g/mol. The Morgan fingerprint density at radius 3 is 1.70 bits per heavy atom. The molecular formula is C23H29N3O. The van der Waals surface area contributed by atoms with E-state index < -0.39 is 0 Å². The molecule has 0 aliphatic carbocycles. The van der Waals surface area contributed by atoms with Crippen molar-refractivity contribution in [3.63, 3.8) is 0 Å². The molecule has 4 rings (SSSR count). The first-order chi connectivity index (χ1) is 13.3. The van der Waals surface area contributed by atoms with E-state index in [-0.39, 0.29) is 6.29 Å². The van der Waals surface area contributed by atoms with Crippen molar-refractivity contribution in [2.24, 2.45) is 0 Å². The Bertz CT molecular complexity index is 686. The molecule has 2 fully saturated rings. The van der Waals surface area contributed by atoms with Crippen LogP contribution < -0.4 is 9.80 Å². The maximum atomic E-state index is 13.1. The van der Waals surface area contributed by atoms with Gasteiger partial charge in [0.1, 0.15) is 0 Å². The maximum Gasteiger partial charge on any atom is 0.225 e. The van der Waals surface area contributed by atoms with Gasteiger partial charge in [-0.2, -0.15) is 0 Å². The molecule has 0 N–H and O–H groups in total. The summed E-state index contributed by atoms with van der Waals surface area (Å²) in [6.45, 7) is 2.69. The van der Waals surface area contributed by atoms with Crippen molar-refractivity contribution in [1.29, 1.82) is 0 Å². The van der Waals surface area contributed by atoms with Gasteiger partial charge in [-0.25, -0.2) is 0 Å². The summed E-state index contributed by atoms with van der Waals surface area (Å²) in [5.41, 5.74) is 2.38. The van der Waals surface area contributed by atoms with Crippen LogP contribution in [0.4, 0.5) is 11.4 Å². The molecule has 0 radical (unpaired) electrons. The van der Waals surface area contributed by atoms with E-state index in [0.29, 0.717) is 12.3 Å². The second kappa shape index (κ2) is 8.47. The van der Waals surface area contributed by atoms with Gasteiger partial charge in [0.2, 0.25) is 5.91 Å². The lowest BCUT2D eigenvalue weighted by atomic mass is 10.1. The van der Waals surface area contributed by atoms with E-state index in [4.69, 9.17) is 0 Å². The number of carbonyl (C=O) groups is 1. The third kappa shape index (κ3) is 3.95. The summed E-state index contributed by atoms with van der Waals surface area (Å²) in [5, 5.41) is 0. The number of hydrogen-bond acceptors (Lipinski definition) is 3. The zero-order valence-corrected chi connectivity index (χ0v) is 16.0. The second-order valence-electron chi connectivity index (χ2n) is 7.51. The summed E-state index contributed by atoms with van der Waals surface area (Å²) in [7, 11) is 0. The molecule has 2 saturated heterocycles. The van der Waals surface area contributed by atoms with Crippen molar-refractivity contribution in [3.8, 4) is 0 Å². The molecule has 0 bridgehead atoms. The predicted molar refractivity (Wildman–Crippen MR) is 111 cm³/mol. The molecule has 0 unspecified atom stereocenters. The molecule has 4 heteroatoms. The fourth-order valence-corrected chi connectivity index (χ4v) is 4.32. The van der Waals surface area contributed by atoms with Gasteiger partial charge in [-0.15, -0.1) is 0 Å². The summed E-state index contributed by atoms with van der Waals surface area (Å²) in [6.07, 6.45) is 6.37. The van der Waals surface area contributed by atoms with E-state index in [0.717, 1.165) is 32.5 Å². The van der Waals surface area contributed by atoms with Crippen molar-refractivity contribution in [2.75, 3.05) is 29.4 Å². The summed E-state index contributed by atoms with van der Waals surface area (Å²) in [5.74, 6) is 0.297. The number of benzene rings is 2. The fourth-order valence-electron chi connectivity index (χ4n) is 4.32. The Hall–Kier alpha value is -2.49. The van der Waals surface area contributed by atoms with E-state index >= 15 is 0 Å². The van der Waals surface area contributed by atoms with Crippen molar-refractivity contribution < 1.29 is 4.79 Å². The highest BCUT2D eigenvalue weighted by molar-refractivity contribution is 5.78. The van der Waals surface area contributed by atoms with Crippen molar-refractivity contribution in [3.05, 3.63) is 60.7 Å². The fraction of sp³-hybridized carbons (Fsp3) is 0.435. The SMILES string of the molecule is O=C1CCCCCCCN1C1N(c2ccccc2)CCN1c1ccccc1. The third-order valence-electron chi connectivity index (χ3n) is 5.70. The van der Waals surface area contributed by atoms with Gasteiger partial charge >= 0.3 is 0 Å². The molecule has 2 aliphatic rings. The lowest BCUT2D eigenvalue weighted by Gasteiger charge is -2.41. The summed E-state index contributed by atoms with van der Waals surface area (Å²) in [4.78, 5) is 20.1. The maximum absolute atomic E-state index is 13.1. The van der Waals surface area contributed by atoms with Crippen LogP contribution in [0.25, 0.3) is 0 Å². The number of nitrogens with zero attached hydrogens (tertiary/aromatic N) is 3. The molecule has 2 aromatic carbocycles. The predicted octanol–water partition coefficient (Wildman–Crippen LogP) is 4.48. The number of para-hydroxylation sites is 2. The van der Waals surface area contributed by atoms with Crippen molar-refractivity contribution in [2.45, 2.75) is 44.8 Å². The zero-order valence-electron chi connectivity index (χ0n) is 16.0. The quantitative estimate of drug-likeness (QED) is 0.804. The molecule has 0 aromatic heterocycles. The molecule has 0 saturated carbocycles. The van der Waals surface area contributed by atoms with Gasteiger partial charge in [0.25, 0.3) is 0 Å². The van der Waals surface area contributed by atoms with Crippen LogP contribution in [0.2, 0.25) is 0 Å². The summed E-state index contributed by atoms with van der Waals surface area (Å²) in [6, 6.07) is 21.0. The largest absolute Gasteiger partial charge is 0.332 e. The first kappa shape index (κ1) is 17.9. The average Bonchev–Trinajstić information content (AvgIpc) is 3.18. The van der Waals surface area contributed by atoms with E-state index in [9.17, 15) is 4.79 Å². The normalized spacial score (nSPS) is 19.7. The number of anilines is 2. The average molecular weight is 364 g/mol. The van der Waals surface area contributed by atoms with Gasteiger partial charge in [-0.05, 0) is 37.1 Å². The number of amides is 1. The zero-order chi connectivity index (χ0) is 18.5. The van der Waals surface area contributed by atoms with Crippen LogP contribution in [-0.2, 0) is 4.79 Å². The van der Waals surface area contributed by atoms with Crippen LogP contribution in [-0.4, -0.2) is 36.7 Å². The Morgan fingerprint density at radius 1 is 0.593 bits per heavy atom. The van der Waals surface area contributed by atoms with E-state index in [1.807, 2.05) is 0 Å². The standard InChI is InChI=1S/C23H29N3O/c27-22-16-10-2-1-3-11-17-26(22)23-24(20-12-6-4-7-13-20)18-19-25(23)21-14-8-5-9-15-21/h4-9,12-15,23H,1-3,10-11,16-19H2. The van der Waals surface area contributed by atoms with Gasteiger partial charge in [0, 0.05) is 37.4 Å². The Morgan fingerprint density at radius 2 is 1.11 bits per heavy atom. The van der Waals surface area contributed by atoms with Crippen molar-refractivity contribution >= 4 is 17.3 Å². The van der Waals surface area contributed by atoms with Crippen LogP contribution in [0.15, 0.2) is 60.7 Å². The van der Waals surface area contributed by atoms with Gasteiger partial charge in [-0.3, -0.25) is 4.79 Å². The molecule has 2 heterocycles. The minimum atomic E-state index is -0.0413. The lowest BCUT2D eigenvalue weighted by molar-refractivity contribution is -0.133. The van der Waals surface area contributed by atoms with Gasteiger partial charge in [0.15, 0.2) is 6.29 Å². The highest BCUT2D eigenvalue weighted by atomic mass is 16.2. The second-order valence-corrected chi connectivity index (χ2v) is 7.51. The van der Waals surface area contributed by atoms with Gasteiger partial charge < -0.3 is 14.7 Å². The molecule has 0 spiro atoms. The van der Waals surface area contributed by atoms with Crippen molar-refractivity contribution in [1.82, 2.24) is 4.90 Å². The molecule has 1 amide bonds. The van der Waals surface area contributed by atoms with E-state index in [1.54, 1.807) is 0 Å². The van der Waals surface area contributed by atoms with Crippen LogP contribution in [0.1, 0.15) is 38.5 Å². The lowest BCUT2D eigenvalue weighted by Crippen LogP contribution is -2.55. The minimum absolute atomic E-state index is 0.0413. The molecule has 2 aliphatic heterocycles. The Kier molecular flexibility index (Phi) is 5.61. The molecule has 2 aromatic rings. The Balaban J connectivity index is 1.69. The van der Waals surface area contributed by atoms with E-state index in [2.05, 4.69) is 75.4 Å². The molecule has 0 atom stereocenters. The smallest absolute Gasteiger partial charge is 0.225 e. The minimum Gasteiger partial charge on any atom is -0.332 e. The molecule has 4 nitrogen and oxygen atoms in total. The first-order valence-electron chi connectivity index (χ1n) is 10.3. The van der Waals surface area contributed by atoms with E-state index in [1.165, 1.54) is 30.6 Å². The number of hydrogen-bond donors (Lipinski definition) is 0. The van der Waals surface area contributed by atoms with Crippen LogP contribution in [0, 0.1) is 0 Å². The molecule has 142 valence electrons. The Labute approximate surface area is 162 Å². The first-order valence-corrected chi connectivity index (χ1v) is 10.3. The summed E-state index contributed by atoms with van der Waals surface area (Å²) >= 11 is 0. The topological polar surface area (TPSA) is 26.8 Å². The van der Waals surface area contributed by atoms with Crippen LogP contribution in [0.5, 0.6) is 0 Å². The van der Waals surface area contributed by atoms with Gasteiger partial charge in [-0.1, -0.05) is 55.7 Å². The molecular weight excluding hydrogens is 334 g/mol. The third-order valence-corrected chi connectivity index (χ3v) is 5.70. The highest BCUT2D eigenvalue weighted by Gasteiger charge is 2.38. The van der Waals surface area contributed by atoms with Gasteiger partial charge in [0.05, 0.1) is 0 Å². The summed E-state index contributed by atoms with van der Waals surface area (Å²) < 4.78 is 0. The number of carbonyl (C=O) groups excluding carboxylic acids is 1. The highest BCUT2D eigenvalue weighted by Crippen LogP contribution is 2.31.